The topological polar surface area (TPSA) is 110 Å². The molecule has 7 heteroatoms. The van der Waals surface area contributed by atoms with E-state index in [4.69, 9.17) is 5.26 Å². The zero-order chi connectivity index (χ0) is 18.3. The van der Waals surface area contributed by atoms with Crippen LogP contribution < -0.4 is 4.72 Å². The third kappa shape index (κ3) is 5.35. The highest BCUT2D eigenvalue weighted by Gasteiger charge is 2.17. The van der Waals surface area contributed by atoms with E-state index in [1.807, 2.05) is 30.3 Å². The van der Waals surface area contributed by atoms with Crippen molar-refractivity contribution < 1.29 is 18.6 Å². The fraction of sp³-hybridized carbons (Fsp3) is 0.167. The third-order valence-electron chi connectivity index (χ3n) is 3.47. The molecule has 0 aliphatic rings. The zero-order valence-electron chi connectivity index (χ0n) is 13.4. The maximum Gasteiger partial charge on any atom is 0.250 e. The molecule has 0 amide bonds. The van der Waals surface area contributed by atoms with Crippen LogP contribution in [0.2, 0.25) is 0 Å². The predicted molar refractivity (Wildman–Crippen MR) is 95.0 cm³/mol. The molecule has 0 aromatic heterocycles. The van der Waals surface area contributed by atoms with Gasteiger partial charge in [-0.3, -0.25) is 0 Å². The molecule has 0 bridgehead atoms. The highest BCUT2D eigenvalue weighted by atomic mass is 32.2. The number of nitrogens with zero attached hydrogens (tertiary/aromatic N) is 1. The number of aromatic hydroxyl groups is 2. The Hall–Kier alpha value is -2.82. The number of hydrogen-bond donors (Lipinski definition) is 3. The summed E-state index contributed by atoms with van der Waals surface area (Å²) in [5.74, 6) is -0.711. The molecule has 130 valence electrons. The molecule has 0 spiro atoms. The van der Waals surface area contributed by atoms with Gasteiger partial charge in [0.1, 0.15) is 6.07 Å². The summed E-state index contributed by atoms with van der Waals surface area (Å²) in [7, 11) is -3.94. The predicted octanol–water partition coefficient (Wildman–Crippen LogP) is 2.51. The lowest BCUT2D eigenvalue weighted by atomic mass is 10.1. The van der Waals surface area contributed by atoms with Gasteiger partial charge in [-0.2, -0.15) is 5.26 Å². The molecule has 2 aromatic carbocycles. The van der Waals surface area contributed by atoms with Gasteiger partial charge < -0.3 is 10.2 Å². The number of nitrogens with one attached hydrogen (secondary N) is 1. The molecule has 0 saturated carbocycles. The minimum Gasteiger partial charge on any atom is -0.504 e. The number of aryl methyl sites for hydroxylation is 1. The van der Waals surface area contributed by atoms with Crippen molar-refractivity contribution in [1.29, 1.82) is 5.26 Å². The lowest BCUT2D eigenvalue weighted by Crippen LogP contribution is -2.26. The first-order chi connectivity index (χ1) is 11.9. The Morgan fingerprint density at radius 2 is 1.84 bits per heavy atom. The monoisotopic (exact) mass is 358 g/mol. The summed E-state index contributed by atoms with van der Waals surface area (Å²) < 4.78 is 26.8. The molecule has 2 aromatic rings. The summed E-state index contributed by atoms with van der Waals surface area (Å²) in [6.07, 6.45) is 2.46. The summed E-state index contributed by atoms with van der Waals surface area (Å²) in [6, 6.07) is 15.1. The second-order valence-electron chi connectivity index (χ2n) is 5.36. The van der Waals surface area contributed by atoms with Crippen molar-refractivity contribution in [1.82, 2.24) is 4.72 Å². The molecule has 3 N–H and O–H groups in total. The average Bonchev–Trinajstić information content (AvgIpc) is 2.60. The van der Waals surface area contributed by atoms with Crippen molar-refractivity contribution in [2.24, 2.45) is 0 Å². The van der Waals surface area contributed by atoms with Crippen LogP contribution in [0.3, 0.4) is 0 Å². The molecule has 0 heterocycles. The fourth-order valence-corrected chi connectivity index (χ4v) is 3.15. The van der Waals surface area contributed by atoms with Gasteiger partial charge in [0, 0.05) is 6.54 Å². The van der Waals surface area contributed by atoms with Gasteiger partial charge in [0.2, 0.25) is 0 Å². The van der Waals surface area contributed by atoms with Crippen molar-refractivity contribution in [3.05, 3.63) is 64.6 Å². The van der Waals surface area contributed by atoms with Gasteiger partial charge >= 0.3 is 0 Å². The van der Waals surface area contributed by atoms with Gasteiger partial charge in [-0.15, -0.1) is 0 Å². The van der Waals surface area contributed by atoms with Gasteiger partial charge in [0.05, 0.1) is 0 Å². The maximum atomic E-state index is 12.2. The molecular weight excluding hydrogens is 340 g/mol. The molecule has 0 fully saturated rings. The van der Waals surface area contributed by atoms with Crippen molar-refractivity contribution in [2.45, 2.75) is 12.8 Å². The molecule has 25 heavy (non-hydrogen) atoms. The standard InChI is InChI=1S/C18H18N2O4S/c19-13-16(11-15-8-9-17(21)18(22)12-15)25(23,24)20-10-4-7-14-5-2-1-3-6-14/h1-3,5-6,8-9,11-12,20-22H,4,7,10H2/b16-11+. The van der Waals surface area contributed by atoms with E-state index in [2.05, 4.69) is 4.72 Å². The van der Waals surface area contributed by atoms with Crippen LogP contribution >= 0.6 is 0 Å². The number of rotatable bonds is 7. The third-order valence-corrected chi connectivity index (χ3v) is 4.85. The lowest BCUT2D eigenvalue weighted by molar-refractivity contribution is 0.403. The zero-order valence-corrected chi connectivity index (χ0v) is 14.2. The van der Waals surface area contributed by atoms with Crippen LogP contribution in [0.1, 0.15) is 17.5 Å². The highest BCUT2D eigenvalue weighted by molar-refractivity contribution is 7.93. The number of nitriles is 1. The first-order valence-electron chi connectivity index (χ1n) is 7.60. The van der Waals surface area contributed by atoms with Crippen LogP contribution in [0, 0.1) is 11.3 Å². The van der Waals surface area contributed by atoms with E-state index in [1.165, 1.54) is 18.2 Å². The number of sulfonamides is 1. The minimum absolute atomic E-state index is 0.205. The van der Waals surface area contributed by atoms with Crippen LogP contribution in [0.25, 0.3) is 6.08 Å². The molecule has 0 atom stereocenters. The number of phenolic OH excluding ortho intramolecular Hbond substituents is 2. The van der Waals surface area contributed by atoms with Gasteiger partial charge in [0.25, 0.3) is 10.0 Å². The summed E-state index contributed by atoms with van der Waals surface area (Å²) in [5, 5.41) is 27.8. The van der Waals surface area contributed by atoms with Crippen molar-refractivity contribution >= 4 is 16.1 Å². The van der Waals surface area contributed by atoms with E-state index >= 15 is 0 Å². The summed E-state index contributed by atoms with van der Waals surface area (Å²) >= 11 is 0. The molecule has 6 nitrogen and oxygen atoms in total. The number of hydrogen-bond acceptors (Lipinski definition) is 5. The first-order valence-corrected chi connectivity index (χ1v) is 9.08. The Morgan fingerprint density at radius 3 is 2.48 bits per heavy atom. The molecule has 0 radical (unpaired) electrons. The minimum atomic E-state index is -3.94. The Labute approximate surface area is 146 Å². The van der Waals surface area contributed by atoms with Crippen molar-refractivity contribution in [3.63, 3.8) is 0 Å². The molecule has 0 saturated heterocycles. The number of allylic oxidation sites excluding steroid dienone is 1. The van der Waals surface area contributed by atoms with Crippen LogP contribution in [0.15, 0.2) is 53.4 Å². The van der Waals surface area contributed by atoms with Crippen LogP contribution in [-0.2, 0) is 16.4 Å². The summed E-state index contributed by atoms with van der Waals surface area (Å²) in [4.78, 5) is -0.461. The van der Waals surface area contributed by atoms with E-state index in [9.17, 15) is 18.6 Å². The van der Waals surface area contributed by atoms with E-state index in [1.54, 1.807) is 6.07 Å². The van der Waals surface area contributed by atoms with Crippen LogP contribution in [-0.4, -0.2) is 25.2 Å². The van der Waals surface area contributed by atoms with Gasteiger partial charge in [-0.1, -0.05) is 36.4 Å². The second kappa shape index (κ2) is 8.33. The Morgan fingerprint density at radius 1 is 1.12 bits per heavy atom. The largest absolute Gasteiger partial charge is 0.504 e. The summed E-state index contributed by atoms with van der Waals surface area (Å²) in [5.41, 5.74) is 1.40. The van der Waals surface area contributed by atoms with E-state index in [0.717, 1.165) is 18.1 Å². The fourth-order valence-electron chi connectivity index (χ4n) is 2.17. The average molecular weight is 358 g/mol. The van der Waals surface area contributed by atoms with Gasteiger partial charge in [-0.25, -0.2) is 13.1 Å². The van der Waals surface area contributed by atoms with E-state index in [0.29, 0.717) is 12.0 Å². The van der Waals surface area contributed by atoms with Gasteiger partial charge in [-0.05, 0) is 42.2 Å². The van der Waals surface area contributed by atoms with Crippen molar-refractivity contribution in [2.75, 3.05) is 6.54 Å². The van der Waals surface area contributed by atoms with E-state index < -0.39 is 14.9 Å². The number of benzene rings is 2. The van der Waals surface area contributed by atoms with Gasteiger partial charge in [0.15, 0.2) is 16.4 Å². The normalized spacial score (nSPS) is 11.9. The number of phenols is 2. The maximum absolute atomic E-state index is 12.2. The van der Waals surface area contributed by atoms with Crippen molar-refractivity contribution in [3.8, 4) is 17.6 Å². The van der Waals surface area contributed by atoms with Crippen LogP contribution in [0.4, 0.5) is 0 Å². The SMILES string of the molecule is N#C/C(=C\c1ccc(O)c(O)c1)S(=O)(=O)NCCCc1ccccc1. The summed E-state index contributed by atoms with van der Waals surface area (Å²) in [6.45, 7) is 0.205. The second-order valence-corrected chi connectivity index (χ2v) is 7.09. The molecule has 0 aliphatic carbocycles. The Bertz CT molecular complexity index is 900. The first kappa shape index (κ1) is 18.5. The molecule has 0 unspecified atom stereocenters. The highest BCUT2D eigenvalue weighted by Crippen LogP contribution is 2.26. The van der Waals surface area contributed by atoms with Crippen LogP contribution in [0.5, 0.6) is 11.5 Å². The molecule has 0 aliphatic heterocycles. The molecular formula is C18H18N2O4S. The Balaban J connectivity index is 2.01. The Kier molecular flexibility index (Phi) is 6.17. The van der Waals surface area contributed by atoms with E-state index in [-0.39, 0.29) is 18.0 Å². The molecule has 2 rings (SSSR count). The quantitative estimate of drug-likeness (QED) is 0.400. The smallest absolute Gasteiger partial charge is 0.250 e. The lowest BCUT2D eigenvalue weighted by Gasteiger charge is -2.06.